The molecular formula is C10H15N3O2. The van der Waals surface area contributed by atoms with Crippen LogP contribution in [-0.2, 0) is 9.59 Å². The van der Waals surface area contributed by atoms with E-state index in [2.05, 4.69) is 5.32 Å². The Morgan fingerprint density at radius 2 is 2.20 bits per heavy atom. The lowest BCUT2D eigenvalue weighted by Crippen LogP contribution is -2.41. The second-order valence-corrected chi connectivity index (χ2v) is 3.68. The van der Waals surface area contributed by atoms with Crippen molar-refractivity contribution in [2.24, 2.45) is 5.92 Å². The summed E-state index contributed by atoms with van der Waals surface area (Å²) >= 11 is 0. The van der Waals surface area contributed by atoms with Crippen LogP contribution in [0.15, 0.2) is 0 Å². The smallest absolute Gasteiger partial charge is 0.235 e. The van der Waals surface area contributed by atoms with Crippen molar-refractivity contribution in [3.8, 4) is 6.07 Å². The summed E-state index contributed by atoms with van der Waals surface area (Å²) in [6.45, 7) is 1.95. The van der Waals surface area contributed by atoms with Crippen LogP contribution in [0.5, 0.6) is 0 Å². The van der Waals surface area contributed by atoms with E-state index in [0.717, 1.165) is 32.2 Å². The molecule has 1 heterocycles. The van der Waals surface area contributed by atoms with Gasteiger partial charge in [-0.2, -0.15) is 5.26 Å². The lowest BCUT2D eigenvalue weighted by Gasteiger charge is -2.28. The summed E-state index contributed by atoms with van der Waals surface area (Å²) in [4.78, 5) is 23.8. The zero-order chi connectivity index (χ0) is 11.1. The van der Waals surface area contributed by atoms with Gasteiger partial charge in [-0.15, -0.1) is 0 Å². The van der Waals surface area contributed by atoms with Crippen molar-refractivity contribution in [3.05, 3.63) is 0 Å². The number of piperidine rings is 1. The maximum atomic E-state index is 11.2. The average Bonchev–Trinajstić information content (AvgIpc) is 2.27. The Morgan fingerprint density at radius 3 is 2.73 bits per heavy atom. The quantitative estimate of drug-likeness (QED) is 0.502. The maximum Gasteiger partial charge on any atom is 0.235 e. The number of carbonyl (C=O) groups excluding carboxylic acids is 2. The van der Waals surface area contributed by atoms with Crippen molar-refractivity contribution in [1.82, 2.24) is 10.2 Å². The molecule has 5 nitrogen and oxygen atoms in total. The van der Waals surface area contributed by atoms with Gasteiger partial charge in [-0.05, 0) is 25.9 Å². The second kappa shape index (κ2) is 6.14. The summed E-state index contributed by atoms with van der Waals surface area (Å²) in [6, 6.07) is 1.86. The molecule has 0 aliphatic carbocycles. The lowest BCUT2D eigenvalue weighted by atomic mass is 9.99. The van der Waals surface area contributed by atoms with E-state index in [1.54, 1.807) is 0 Å². The van der Waals surface area contributed by atoms with Gasteiger partial charge in [0.1, 0.15) is 12.8 Å². The summed E-state index contributed by atoms with van der Waals surface area (Å²) in [6.07, 6.45) is 2.65. The summed E-state index contributed by atoms with van der Waals surface area (Å²) in [5.41, 5.74) is 0. The van der Waals surface area contributed by atoms with Crippen molar-refractivity contribution in [1.29, 1.82) is 5.26 Å². The molecule has 15 heavy (non-hydrogen) atoms. The van der Waals surface area contributed by atoms with Crippen molar-refractivity contribution in [2.75, 3.05) is 26.2 Å². The molecule has 0 bridgehead atoms. The predicted molar refractivity (Wildman–Crippen MR) is 53.9 cm³/mol. The molecule has 5 heteroatoms. The number of nitrogens with one attached hydrogen (secondary N) is 1. The van der Waals surface area contributed by atoms with Crippen LogP contribution in [0.2, 0.25) is 0 Å². The third-order valence-corrected chi connectivity index (χ3v) is 2.56. The fourth-order valence-electron chi connectivity index (χ4n) is 1.64. The molecule has 0 atom stereocenters. The summed E-state index contributed by atoms with van der Waals surface area (Å²) in [5.74, 6) is 0.0320. The molecule has 1 aliphatic rings. The number of likely N-dealkylation sites (tertiary alicyclic amines) is 1. The van der Waals surface area contributed by atoms with E-state index >= 15 is 0 Å². The molecule has 1 aliphatic heterocycles. The largest absolute Gasteiger partial charge is 0.342 e. The number of rotatable bonds is 4. The summed E-state index contributed by atoms with van der Waals surface area (Å²) in [7, 11) is 0. The highest BCUT2D eigenvalue weighted by Crippen LogP contribution is 2.13. The Morgan fingerprint density at radius 1 is 1.53 bits per heavy atom. The third-order valence-electron chi connectivity index (χ3n) is 2.56. The minimum Gasteiger partial charge on any atom is -0.342 e. The van der Waals surface area contributed by atoms with E-state index in [0.29, 0.717) is 6.54 Å². The first kappa shape index (κ1) is 11.7. The molecule has 1 saturated heterocycles. The van der Waals surface area contributed by atoms with Gasteiger partial charge in [0.2, 0.25) is 5.91 Å². The van der Waals surface area contributed by atoms with Gasteiger partial charge >= 0.3 is 0 Å². The molecule has 0 aromatic rings. The molecule has 1 rings (SSSR count). The number of hydrogen-bond donors (Lipinski definition) is 1. The molecule has 1 fully saturated rings. The third kappa shape index (κ3) is 4.09. The molecular weight excluding hydrogens is 194 g/mol. The van der Waals surface area contributed by atoms with Gasteiger partial charge < -0.3 is 10.1 Å². The SMILES string of the molecule is N#CCNC(=O)CN1CCC(C=O)CC1. The standard InChI is InChI=1S/C10H15N3O2/c11-3-4-12-10(15)7-13-5-1-9(8-14)2-6-13/h8-9H,1-2,4-7H2,(H,12,15). The number of aldehydes is 1. The molecule has 1 amide bonds. The highest BCUT2D eigenvalue weighted by atomic mass is 16.2. The highest BCUT2D eigenvalue weighted by Gasteiger charge is 2.19. The fourth-order valence-corrected chi connectivity index (χ4v) is 1.64. The van der Waals surface area contributed by atoms with Gasteiger partial charge in [-0.25, -0.2) is 0 Å². The molecule has 0 aromatic heterocycles. The minimum absolute atomic E-state index is 0.0592. The first-order valence-electron chi connectivity index (χ1n) is 5.07. The molecule has 0 aromatic carbocycles. The first-order valence-corrected chi connectivity index (χ1v) is 5.07. The van der Waals surface area contributed by atoms with Crippen LogP contribution in [0.1, 0.15) is 12.8 Å². The Labute approximate surface area is 89.0 Å². The zero-order valence-corrected chi connectivity index (χ0v) is 8.61. The monoisotopic (exact) mass is 209 g/mol. The molecule has 0 saturated carbocycles. The van der Waals surface area contributed by atoms with E-state index in [4.69, 9.17) is 5.26 Å². The van der Waals surface area contributed by atoms with Crippen LogP contribution in [0.4, 0.5) is 0 Å². The van der Waals surface area contributed by atoms with Gasteiger partial charge in [0.15, 0.2) is 0 Å². The molecule has 1 N–H and O–H groups in total. The van der Waals surface area contributed by atoms with Crippen LogP contribution >= 0.6 is 0 Å². The normalized spacial score (nSPS) is 18.1. The Kier molecular flexibility index (Phi) is 4.78. The van der Waals surface area contributed by atoms with Crippen LogP contribution < -0.4 is 5.32 Å². The van der Waals surface area contributed by atoms with Crippen LogP contribution in [0, 0.1) is 17.2 Å². The van der Waals surface area contributed by atoms with Crippen molar-refractivity contribution in [3.63, 3.8) is 0 Å². The second-order valence-electron chi connectivity index (χ2n) is 3.68. The minimum atomic E-state index is -0.124. The Bertz CT molecular complexity index is 264. The van der Waals surface area contributed by atoms with Crippen LogP contribution in [0.25, 0.3) is 0 Å². The number of carbonyl (C=O) groups is 2. The van der Waals surface area contributed by atoms with Gasteiger partial charge in [-0.1, -0.05) is 0 Å². The molecule has 0 unspecified atom stereocenters. The fraction of sp³-hybridized carbons (Fsp3) is 0.700. The van der Waals surface area contributed by atoms with E-state index < -0.39 is 0 Å². The van der Waals surface area contributed by atoms with Crippen LogP contribution in [0.3, 0.4) is 0 Å². The van der Waals surface area contributed by atoms with Gasteiger partial charge in [0.25, 0.3) is 0 Å². The maximum absolute atomic E-state index is 11.2. The van der Waals surface area contributed by atoms with Gasteiger partial charge in [0, 0.05) is 5.92 Å². The summed E-state index contributed by atoms with van der Waals surface area (Å²) < 4.78 is 0. The molecule has 82 valence electrons. The highest BCUT2D eigenvalue weighted by molar-refractivity contribution is 5.78. The molecule has 0 radical (unpaired) electrons. The van der Waals surface area contributed by atoms with E-state index in [1.807, 2.05) is 11.0 Å². The summed E-state index contributed by atoms with van der Waals surface area (Å²) in [5, 5.41) is 10.8. The number of amides is 1. The van der Waals surface area contributed by atoms with Crippen molar-refractivity contribution >= 4 is 12.2 Å². The topological polar surface area (TPSA) is 73.2 Å². The lowest BCUT2D eigenvalue weighted by molar-refractivity contribution is -0.122. The van der Waals surface area contributed by atoms with Gasteiger partial charge in [-0.3, -0.25) is 9.69 Å². The Balaban J connectivity index is 2.21. The van der Waals surface area contributed by atoms with E-state index in [9.17, 15) is 9.59 Å². The van der Waals surface area contributed by atoms with Crippen LogP contribution in [-0.4, -0.2) is 43.3 Å². The molecule has 0 spiro atoms. The average molecular weight is 209 g/mol. The van der Waals surface area contributed by atoms with E-state index in [1.165, 1.54) is 0 Å². The van der Waals surface area contributed by atoms with Crippen molar-refractivity contribution in [2.45, 2.75) is 12.8 Å². The van der Waals surface area contributed by atoms with Crippen molar-refractivity contribution < 1.29 is 9.59 Å². The number of nitrogens with zero attached hydrogens (tertiary/aromatic N) is 2. The predicted octanol–water partition coefficient (Wildman–Crippen LogP) is -0.463. The van der Waals surface area contributed by atoms with E-state index in [-0.39, 0.29) is 18.4 Å². The Hall–Kier alpha value is -1.41. The first-order chi connectivity index (χ1) is 7.26. The number of hydrogen-bond acceptors (Lipinski definition) is 4. The number of nitriles is 1. The zero-order valence-electron chi connectivity index (χ0n) is 8.61. The van der Waals surface area contributed by atoms with Gasteiger partial charge in [0.05, 0.1) is 12.6 Å².